The second kappa shape index (κ2) is 8.61. The van der Waals surface area contributed by atoms with Crippen LogP contribution in [-0.4, -0.2) is 54.6 Å². The van der Waals surface area contributed by atoms with Gasteiger partial charge in [-0.05, 0) is 63.2 Å². The number of nitrogens with one attached hydrogen (secondary N) is 2. The minimum absolute atomic E-state index is 0.0563. The highest BCUT2D eigenvalue weighted by Gasteiger charge is 2.25. The second-order valence-corrected chi connectivity index (χ2v) is 9.82. The van der Waals surface area contributed by atoms with Gasteiger partial charge in [-0.25, -0.2) is 22.5 Å². The van der Waals surface area contributed by atoms with E-state index in [4.69, 9.17) is 4.52 Å². The zero-order valence-corrected chi connectivity index (χ0v) is 18.2. The molecule has 3 heterocycles. The molecular formula is C22H24FN5O3S. The van der Waals surface area contributed by atoms with E-state index in [0.29, 0.717) is 29.6 Å². The summed E-state index contributed by atoms with van der Waals surface area (Å²) >= 11 is 0. The number of fused-ring (bicyclic) bond motifs is 2. The Morgan fingerprint density at radius 2 is 2.00 bits per heavy atom. The number of hydrogen-bond acceptors (Lipinski definition) is 6. The van der Waals surface area contributed by atoms with Crippen LogP contribution in [0.3, 0.4) is 0 Å². The highest BCUT2D eigenvalue weighted by molar-refractivity contribution is 7.89. The van der Waals surface area contributed by atoms with Gasteiger partial charge in [-0.15, -0.1) is 0 Å². The van der Waals surface area contributed by atoms with Crippen molar-refractivity contribution in [2.24, 2.45) is 0 Å². The largest absolute Gasteiger partial charge is 0.356 e. The van der Waals surface area contributed by atoms with Gasteiger partial charge in [0, 0.05) is 23.9 Å². The van der Waals surface area contributed by atoms with Crippen molar-refractivity contribution in [2.45, 2.75) is 30.3 Å². The van der Waals surface area contributed by atoms with Crippen LogP contribution in [0.4, 0.5) is 4.39 Å². The zero-order valence-electron chi connectivity index (χ0n) is 17.4. The first-order valence-corrected chi connectivity index (χ1v) is 12.2. The smallest absolute Gasteiger partial charge is 0.274 e. The molecule has 2 aromatic carbocycles. The number of piperidine rings is 1. The Morgan fingerprint density at radius 1 is 1.19 bits per heavy atom. The van der Waals surface area contributed by atoms with Crippen LogP contribution in [0.15, 0.2) is 52.1 Å². The minimum Gasteiger partial charge on any atom is -0.356 e. The number of sulfonamides is 1. The predicted molar refractivity (Wildman–Crippen MR) is 118 cm³/mol. The lowest BCUT2D eigenvalue weighted by molar-refractivity contribution is 0.207. The van der Waals surface area contributed by atoms with E-state index in [-0.39, 0.29) is 16.9 Å². The molecular weight excluding hydrogens is 433 g/mol. The van der Waals surface area contributed by atoms with E-state index in [2.05, 4.69) is 24.7 Å². The molecule has 0 atom stereocenters. The molecule has 0 unspecified atom stereocenters. The maximum Gasteiger partial charge on any atom is 0.274 e. The fraction of sp³-hybridized carbons (Fsp3) is 0.364. The van der Waals surface area contributed by atoms with Crippen LogP contribution in [0.25, 0.3) is 22.0 Å². The molecule has 0 spiro atoms. The Balaban J connectivity index is 1.10. The van der Waals surface area contributed by atoms with Crippen molar-refractivity contribution in [2.75, 3.05) is 26.2 Å². The number of likely N-dealkylation sites (tertiary alicyclic amines) is 1. The number of H-pyrrole nitrogens is 1. The van der Waals surface area contributed by atoms with Crippen molar-refractivity contribution < 1.29 is 17.3 Å². The summed E-state index contributed by atoms with van der Waals surface area (Å²) in [4.78, 5) is 9.34. The Hall–Kier alpha value is -2.82. The first-order valence-electron chi connectivity index (χ1n) is 10.7. The molecule has 0 radical (unpaired) electrons. The quantitative estimate of drug-likeness (QED) is 0.412. The molecule has 0 saturated carbocycles. The number of imidazole rings is 1. The molecule has 0 aliphatic carbocycles. The van der Waals surface area contributed by atoms with Crippen LogP contribution in [0.5, 0.6) is 0 Å². The maximum absolute atomic E-state index is 13.4. The number of benzene rings is 2. The number of nitrogens with zero attached hydrogens (tertiary/aromatic N) is 3. The maximum atomic E-state index is 13.4. The Morgan fingerprint density at radius 3 is 2.81 bits per heavy atom. The number of aromatic amines is 1. The molecule has 1 saturated heterocycles. The molecule has 1 aliphatic heterocycles. The highest BCUT2D eigenvalue weighted by Crippen LogP contribution is 2.32. The van der Waals surface area contributed by atoms with E-state index in [9.17, 15) is 12.8 Å². The number of hydrogen-bond donors (Lipinski definition) is 2. The summed E-state index contributed by atoms with van der Waals surface area (Å²) in [5.41, 5.74) is 2.71. The van der Waals surface area contributed by atoms with Gasteiger partial charge < -0.3 is 14.4 Å². The molecule has 5 rings (SSSR count). The van der Waals surface area contributed by atoms with Gasteiger partial charge >= 0.3 is 0 Å². The summed E-state index contributed by atoms with van der Waals surface area (Å²) in [5, 5.41) is 5.01. The molecule has 1 aliphatic rings. The lowest BCUT2D eigenvalue weighted by atomic mass is 9.91. The van der Waals surface area contributed by atoms with Gasteiger partial charge in [-0.2, -0.15) is 0 Å². The molecule has 8 nitrogen and oxygen atoms in total. The fourth-order valence-electron chi connectivity index (χ4n) is 4.29. The molecule has 0 amide bonds. The molecule has 2 aromatic heterocycles. The monoisotopic (exact) mass is 457 g/mol. The van der Waals surface area contributed by atoms with Crippen LogP contribution in [0.1, 0.15) is 30.9 Å². The van der Waals surface area contributed by atoms with Crippen molar-refractivity contribution in [3.8, 4) is 0 Å². The van der Waals surface area contributed by atoms with Crippen molar-refractivity contribution in [1.29, 1.82) is 0 Å². The van der Waals surface area contributed by atoms with Crippen molar-refractivity contribution in [3.63, 3.8) is 0 Å². The summed E-state index contributed by atoms with van der Waals surface area (Å²) in [5.74, 6) is -0.0458. The van der Waals surface area contributed by atoms with Gasteiger partial charge in [-0.1, -0.05) is 17.3 Å². The van der Waals surface area contributed by atoms with Gasteiger partial charge in [0.15, 0.2) is 5.58 Å². The van der Waals surface area contributed by atoms with E-state index in [1.807, 2.05) is 12.1 Å². The summed E-state index contributed by atoms with van der Waals surface area (Å²) in [6.07, 6.45) is 2.57. The average molecular weight is 458 g/mol. The number of halogens is 1. The van der Waals surface area contributed by atoms with Crippen molar-refractivity contribution >= 4 is 32.0 Å². The van der Waals surface area contributed by atoms with Gasteiger partial charge in [0.05, 0.1) is 16.7 Å². The molecule has 168 valence electrons. The Bertz CT molecular complexity index is 1310. The number of aromatic nitrogens is 3. The Labute approximate surface area is 184 Å². The average Bonchev–Trinajstić information content (AvgIpc) is 3.42. The van der Waals surface area contributed by atoms with Gasteiger partial charge in [0.2, 0.25) is 5.16 Å². The number of rotatable bonds is 7. The summed E-state index contributed by atoms with van der Waals surface area (Å²) in [6.45, 7) is 2.95. The van der Waals surface area contributed by atoms with Crippen molar-refractivity contribution in [1.82, 2.24) is 24.7 Å². The molecule has 1 fully saturated rings. The van der Waals surface area contributed by atoms with E-state index in [1.165, 1.54) is 12.1 Å². The molecule has 0 bridgehead atoms. The van der Waals surface area contributed by atoms with E-state index in [1.54, 1.807) is 18.2 Å². The van der Waals surface area contributed by atoms with Gasteiger partial charge in [0.1, 0.15) is 5.82 Å². The van der Waals surface area contributed by atoms with Crippen LogP contribution < -0.4 is 4.72 Å². The summed E-state index contributed by atoms with van der Waals surface area (Å²) in [6, 6.07) is 11.8. The lowest BCUT2D eigenvalue weighted by Crippen LogP contribution is -2.35. The van der Waals surface area contributed by atoms with Crippen LogP contribution in [-0.2, 0) is 10.0 Å². The van der Waals surface area contributed by atoms with Crippen molar-refractivity contribution in [3.05, 3.63) is 54.0 Å². The fourth-order valence-corrected chi connectivity index (χ4v) is 5.30. The second-order valence-electron chi connectivity index (χ2n) is 8.13. The summed E-state index contributed by atoms with van der Waals surface area (Å²) < 4.78 is 46.3. The molecule has 10 heteroatoms. The van der Waals surface area contributed by atoms with Crippen LogP contribution in [0, 0.1) is 5.82 Å². The SMILES string of the molecule is O=S(=O)(NCCCN1CCC(c2noc3cc(F)ccc23)CC1)c1nc2ccccc2[nH]1. The highest BCUT2D eigenvalue weighted by atomic mass is 32.2. The van der Waals surface area contributed by atoms with Gasteiger partial charge in [-0.3, -0.25) is 0 Å². The first kappa shape index (κ1) is 21.0. The Kier molecular flexibility index (Phi) is 5.66. The third-order valence-corrected chi connectivity index (χ3v) is 7.29. The topological polar surface area (TPSA) is 104 Å². The zero-order chi connectivity index (χ0) is 22.1. The molecule has 4 aromatic rings. The summed E-state index contributed by atoms with van der Waals surface area (Å²) in [7, 11) is -3.67. The van der Waals surface area contributed by atoms with E-state index in [0.717, 1.165) is 43.6 Å². The number of para-hydroxylation sites is 2. The van der Waals surface area contributed by atoms with Gasteiger partial charge in [0.25, 0.3) is 10.0 Å². The predicted octanol–water partition coefficient (Wildman–Crippen LogP) is 3.39. The minimum atomic E-state index is -3.67. The lowest BCUT2D eigenvalue weighted by Gasteiger charge is -2.31. The third kappa shape index (κ3) is 4.25. The first-order chi connectivity index (χ1) is 15.5. The van der Waals surface area contributed by atoms with E-state index >= 15 is 0 Å². The van der Waals surface area contributed by atoms with E-state index < -0.39 is 10.0 Å². The van der Waals surface area contributed by atoms with Crippen LogP contribution >= 0.6 is 0 Å². The molecule has 32 heavy (non-hydrogen) atoms. The third-order valence-electron chi connectivity index (χ3n) is 6.00. The normalized spacial score (nSPS) is 16.3. The molecule has 2 N–H and O–H groups in total. The van der Waals surface area contributed by atoms with Crippen LogP contribution in [0.2, 0.25) is 0 Å². The standard InChI is InChI=1S/C22H24FN5O3S/c23-16-6-7-17-20(14-16)31-27-21(17)15-8-12-28(13-9-15)11-3-10-24-32(29,30)22-25-18-4-1-2-5-19(18)26-22/h1-2,4-7,14-15,24H,3,8-13H2,(H,25,26).